The lowest BCUT2D eigenvalue weighted by Crippen LogP contribution is -2.44. The maximum Gasteiger partial charge on any atom is 0.231 e. The summed E-state index contributed by atoms with van der Waals surface area (Å²) in [4.78, 5) is 17.1. The molecule has 0 radical (unpaired) electrons. The van der Waals surface area contributed by atoms with E-state index in [1.54, 1.807) is 0 Å². The Morgan fingerprint density at radius 1 is 1.10 bits per heavy atom. The molecule has 2 atom stereocenters. The third-order valence-electron chi connectivity index (χ3n) is 4.48. The second-order valence-electron chi connectivity index (χ2n) is 5.93. The number of aliphatic hydroxyl groups is 1. The summed E-state index contributed by atoms with van der Waals surface area (Å²) in [6.07, 6.45) is 6.01. The second kappa shape index (κ2) is 6.32. The summed E-state index contributed by atoms with van der Waals surface area (Å²) < 4.78 is 0. The van der Waals surface area contributed by atoms with Crippen LogP contribution in [-0.4, -0.2) is 52.3 Å². The first-order chi connectivity index (χ1) is 10.1. The first-order valence-electron chi connectivity index (χ1n) is 7.72. The van der Waals surface area contributed by atoms with Crippen molar-refractivity contribution in [2.75, 3.05) is 29.9 Å². The molecule has 2 unspecified atom stereocenters. The molecule has 1 saturated heterocycles. The molecule has 1 N–H and O–H groups in total. The van der Waals surface area contributed by atoms with Crippen LogP contribution in [0.4, 0.5) is 11.9 Å². The maximum atomic E-state index is 10.2. The zero-order chi connectivity index (χ0) is 14.8. The Morgan fingerprint density at radius 3 is 2.52 bits per heavy atom. The van der Waals surface area contributed by atoms with Gasteiger partial charge in [0.2, 0.25) is 17.2 Å². The van der Waals surface area contributed by atoms with Crippen LogP contribution in [0.15, 0.2) is 0 Å². The Morgan fingerprint density at radius 2 is 1.81 bits per heavy atom. The highest BCUT2D eigenvalue weighted by atomic mass is 35.5. The molecule has 0 spiro atoms. The number of likely N-dealkylation sites (N-methyl/N-ethyl adjacent to an activating group) is 1. The van der Waals surface area contributed by atoms with Gasteiger partial charge in [-0.1, -0.05) is 12.8 Å². The summed E-state index contributed by atoms with van der Waals surface area (Å²) in [5.41, 5.74) is 0. The van der Waals surface area contributed by atoms with E-state index in [0.717, 1.165) is 51.6 Å². The van der Waals surface area contributed by atoms with Gasteiger partial charge in [0.05, 0.1) is 12.1 Å². The number of hydrogen-bond acceptors (Lipinski definition) is 6. The number of halogens is 1. The number of rotatable bonds is 3. The standard InChI is InChI=1S/C14H22ClN5O/c1-19(10-6-2-3-7-11(10)21)13-16-12(15)17-14(18-13)20-8-4-5-9-20/h10-11,21H,2-9H2,1H3. The van der Waals surface area contributed by atoms with Crippen molar-refractivity contribution >= 4 is 23.5 Å². The van der Waals surface area contributed by atoms with Gasteiger partial charge in [-0.25, -0.2) is 0 Å². The van der Waals surface area contributed by atoms with E-state index in [1.807, 2.05) is 11.9 Å². The van der Waals surface area contributed by atoms with Gasteiger partial charge in [0.25, 0.3) is 0 Å². The van der Waals surface area contributed by atoms with Gasteiger partial charge in [0.1, 0.15) is 0 Å². The molecular weight excluding hydrogens is 290 g/mol. The van der Waals surface area contributed by atoms with Crippen LogP contribution in [-0.2, 0) is 0 Å². The highest BCUT2D eigenvalue weighted by Gasteiger charge is 2.29. The molecule has 1 aliphatic heterocycles. The van der Waals surface area contributed by atoms with Gasteiger partial charge in [-0.05, 0) is 37.3 Å². The summed E-state index contributed by atoms with van der Waals surface area (Å²) in [7, 11) is 1.93. The van der Waals surface area contributed by atoms with E-state index < -0.39 is 0 Å². The van der Waals surface area contributed by atoms with Gasteiger partial charge >= 0.3 is 0 Å². The van der Waals surface area contributed by atoms with Crippen LogP contribution < -0.4 is 9.80 Å². The zero-order valence-corrected chi connectivity index (χ0v) is 13.1. The number of nitrogens with zero attached hydrogens (tertiary/aromatic N) is 5. The van der Waals surface area contributed by atoms with Gasteiger partial charge < -0.3 is 14.9 Å². The van der Waals surface area contributed by atoms with Crippen molar-refractivity contribution in [1.82, 2.24) is 15.0 Å². The van der Waals surface area contributed by atoms with Crippen molar-refractivity contribution < 1.29 is 5.11 Å². The molecule has 6 nitrogen and oxygen atoms in total. The van der Waals surface area contributed by atoms with E-state index in [9.17, 15) is 5.11 Å². The third kappa shape index (κ3) is 3.21. The first kappa shape index (κ1) is 14.8. The van der Waals surface area contributed by atoms with Gasteiger partial charge in [-0.15, -0.1) is 0 Å². The lowest BCUT2D eigenvalue weighted by molar-refractivity contribution is 0.105. The molecule has 2 aliphatic rings. The second-order valence-corrected chi connectivity index (χ2v) is 6.27. The fourth-order valence-corrected chi connectivity index (χ4v) is 3.39. The summed E-state index contributed by atoms with van der Waals surface area (Å²) in [5, 5.41) is 10.4. The maximum absolute atomic E-state index is 10.2. The van der Waals surface area contributed by atoms with E-state index in [2.05, 4.69) is 19.9 Å². The molecule has 21 heavy (non-hydrogen) atoms. The van der Waals surface area contributed by atoms with Crippen molar-refractivity contribution in [1.29, 1.82) is 0 Å². The molecule has 1 saturated carbocycles. The smallest absolute Gasteiger partial charge is 0.231 e. The van der Waals surface area contributed by atoms with Gasteiger partial charge in [0, 0.05) is 20.1 Å². The lowest BCUT2D eigenvalue weighted by atomic mass is 9.92. The number of hydrogen-bond donors (Lipinski definition) is 1. The van der Waals surface area contributed by atoms with E-state index in [1.165, 1.54) is 0 Å². The molecular formula is C14H22ClN5O. The lowest BCUT2D eigenvalue weighted by Gasteiger charge is -2.35. The SMILES string of the molecule is CN(c1nc(Cl)nc(N2CCCC2)n1)C1CCCCC1O. The fourth-order valence-electron chi connectivity index (χ4n) is 3.24. The fraction of sp³-hybridized carbons (Fsp3) is 0.786. The average Bonchev–Trinajstić information content (AvgIpc) is 3.01. The van der Waals surface area contributed by atoms with Crippen LogP contribution in [0.2, 0.25) is 5.28 Å². The minimum Gasteiger partial charge on any atom is -0.391 e. The van der Waals surface area contributed by atoms with Crippen LogP contribution >= 0.6 is 11.6 Å². The van der Waals surface area contributed by atoms with Crippen molar-refractivity contribution in [3.05, 3.63) is 5.28 Å². The van der Waals surface area contributed by atoms with Crippen LogP contribution in [0.25, 0.3) is 0 Å². The molecule has 3 rings (SSSR count). The Hall–Kier alpha value is -1.14. The van der Waals surface area contributed by atoms with Crippen LogP contribution in [0.5, 0.6) is 0 Å². The molecule has 7 heteroatoms. The molecule has 2 fully saturated rings. The van der Waals surface area contributed by atoms with Gasteiger partial charge in [-0.3, -0.25) is 0 Å². The molecule has 0 amide bonds. The Labute approximate surface area is 130 Å². The third-order valence-corrected chi connectivity index (χ3v) is 4.65. The normalized spacial score (nSPS) is 26.1. The largest absolute Gasteiger partial charge is 0.391 e. The minimum absolute atomic E-state index is 0.0589. The predicted molar refractivity (Wildman–Crippen MR) is 82.9 cm³/mol. The van der Waals surface area contributed by atoms with Crippen LogP contribution in [0.1, 0.15) is 38.5 Å². The molecule has 0 bridgehead atoms. The van der Waals surface area contributed by atoms with E-state index in [0.29, 0.717) is 11.9 Å². The molecule has 0 aromatic carbocycles. The predicted octanol–water partition coefficient (Wildman–Crippen LogP) is 1.86. The number of aliphatic hydroxyl groups excluding tert-OH is 1. The summed E-state index contributed by atoms with van der Waals surface area (Å²) in [5.74, 6) is 1.21. The van der Waals surface area contributed by atoms with E-state index in [4.69, 9.17) is 11.6 Å². The minimum atomic E-state index is -0.325. The van der Waals surface area contributed by atoms with E-state index >= 15 is 0 Å². The van der Waals surface area contributed by atoms with E-state index in [-0.39, 0.29) is 17.4 Å². The summed E-state index contributed by atoms with van der Waals surface area (Å²) >= 11 is 6.07. The average molecular weight is 312 g/mol. The topological polar surface area (TPSA) is 65.4 Å². The molecule has 2 heterocycles. The van der Waals surface area contributed by atoms with Crippen LogP contribution in [0, 0.1) is 0 Å². The Balaban J connectivity index is 1.83. The van der Waals surface area contributed by atoms with Gasteiger partial charge in [0.15, 0.2) is 0 Å². The van der Waals surface area contributed by atoms with Crippen molar-refractivity contribution in [3.8, 4) is 0 Å². The Kier molecular flexibility index (Phi) is 4.45. The quantitative estimate of drug-likeness (QED) is 0.919. The molecule has 116 valence electrons. The van der Waals surface area contributed by atoms with Crippen LogP contribution in [0.3, 0.4) is 0 Å². The number of aromatic nitrogens is 3. The van der Waals surface area contributed by atoms with Crippen molar-refractivity contribution in [2.45, 2.75) is 50.7 Å². The van der Waals surface area contributed by atoms with Gasteiger partial charge in [-0.2, -0.15) is 15.0 Å². The first-order valence-corrected chi connectivity index (χ1v) is 8.10. The number of anilines is 2. The highest BCUT2D eigenvalue weighted by molar-refractivity contribution is 6.28. The molecule has 1 aromatic heterocycles. The Bertz CT molecular complexity index is 494. The van der Waals surface area contributed by atoms with Crippen molar-refractivity contribution in [3.63, 3.8) is 0 Å². The summed E-state index contributed by atoms with van der Waals surface area (Å²) in [6, 6.07) is 0.0589. The molecule has 1 aliphatic carbocycles. The highest BCUT2D eigenvalue weighted by Crippen LogP contribution is 2.26. The zero-order valence-electron chi connectivity index (χ0n) is 12.4. The van der Waals surface area contributed by atoms with Crippen molar-refractivity contribution in [2.24, 2.45) is 0 Å². The summed E-state index contributed by atoms with van der Waals surface area (Å²) in [6.45, 7) is 1.94. The monoisotopic (exact) mass is 311 g/mol. The molecule has 1 aromatic rings.